The summed E-state index contributed by atoms with van der Waals surface area (Å²) in [5.41, 5.74) is 9.34. The maximum Gasteiger partial charge on any atom is 0.0479 e. The molecule has 5 rings (SSSR count). The van der Waals surface area contributed by atoms with E-state index in [2.05, 4.69) is 117 Å². The molecule has 1 saturated carbocycles. The van der Waals surface area contributed by atoms with Crippen molar-refractivity contribution in [1.82, 2.24) is 0 Å². The van der Waals surface area contributed by atoms with Crippen molar-refractivity contribution >= 4 is 0 Å². The average Bonchev–Trinajstić information content (AvgIpc) is 2.88. The van der Waals surface area contributed by atoms with Gasteiger partial charge in [0.1, 0.15) is 0 Å². The number of hydrogen-bond donors (Lipinski definition) is 0. The van der Waals surface area contributed by atoms with Crippen LogP contribution in [0.5, 0.6) is 0 Å². The first-order valence-electron chi connectivity index (χ1n) is 12.5. The minimum absolute atomic E-state index is 0.128. The fourth-order valence-electron chi connectivity index (χ4n) is 5.93. The Kier molecular flexibility index (Phi) is 6.18. The van der Waals surface area contributed by atoms with Crippen LogP contribution in [0.15, 0.2) is 103 Å². The highest BCUT2D eigenvalue weighted by molar-refractivity contribution is 5.65. The highest BCUT2D eigenvalue weighted by Gasteiger charge is 2.43. The molecule has 0 radical (unpaired) electrons. The quantitative estimate of drug-likeness (QED) is 0.277. The van der Waals surface area contributed by atoms with Gasteiger partial charge in [-0.25, -0.2) is 0 Å². The number of rotatable bonds is 5. The Bertz CT molecular complexity index is 1110. The zero-order chi connectivity index (χ0) is 22.7. The minimum atomic E-state index is -0.128. The van der Waals surface area contributed by atoms with Gasteiger partial charge in [0.25, 0.3) is 0 Å². The summed E-state index contributed by atoms with van der Waals surface area (Å²) in [4.78, 5) is 0. The second-order valence-corrected chi connectivity index (χ2v) is 9.82. The van der Waals surface area contributed by atoms with E-state index in [4.69, 9.17) is 0 Å². The van der Waals surface area contributed by atoms with Crippen molar-refractivity contribution in [3.05, 3.63) is 131 Å². The largest absolute Gasteiger partial charge is 0.0622 e. The molecule has 0 amide bonds. The van der Waals surface area contributed by atoms with Crippen molar-refractivity contribution in [3.8, 4) is 11.1 Å². The SMILES string of the molecule is Cc1ccc(C(c2ccc(C)cc2)(c2ccc(-c3ccccc3)cc2)C2CCCCC2)cc1. The molecule has 0 aromatic heterocycles. The number of hydrogen-bond acceptors (Lipinski definition) is 0. The zero-order valence-corrected chi connectivity index (χ0v) is 19.9. The van der Waals surface area contributed by atoms with Crippen molar-refractivity contribution in [2.24, 2.45) is 5.92 Å². The van der Waals surface area contributed by atoms with Crippen molar-refractivity contribution in [3.63, 3.8) is 0 Å². The third-order valence-electron chi connectivity index (χ3n) is 7.68. The summed E-state index contributed by atoms with van der Waals surface area (Å²) in [6.07, 6.45) is 6.57. The Morgan fingerprint density at radius 3 is 1.39 bits per heavy atom. The molecule has 33 heavy (non-hydrogen) atoms. The monoisotopic (exact) mass is 430 g/mol. The molecule has 0 aliphatic heterocycles. The fourth-order valence-corrected chi connectivity index (χ4v) is 5.93. The topological polar surface area (TPSA) is 0 Å². The van der Waals surface area contributed by atoms with E-state index in [1.165, 1.54) is 71.0 Å². The molecule has 1 aliphatic rings. The van der Waals surface area contributed by atoms with E-state index in [-0.39, 0.29) is 5.41 Å². The third-order valence-corrected chi connectivity index (χ3v) is 7.68. The predicted octanol–water partition coefficient (Wildman–Crippen LogP) is 8.89. The van der Waals surface area contributed by atoms with Gasteiger partial charge < -0.3 is 0 Å². The molecule has 0 N–H and O–H groups in total. The first-order valence-corrected chi connectivity index (χ1v) is 12.5. The molecule has 1 fully saturated rings. The number of aryl methyl sites for hydroxylation is 2. The molecule has 0 heterocycles. The van der Waals surface area contributed by atoms with Crippen LogP contribution in [0.4, 0.5) is 0 Å². The Labute approximate surface area is 199 Å². The highest BCUT2D eigenvalue weighted by Crippen LogP contribution is 2.50. The number of benzene rings is 4. The van der Waals surface area contributed by atoms with Gasteiger partial charge in [-0.05, 0) is 60.4 Å². The summed E-state index contributed by atoms with van der Waals surface area (Å²) in [6, 6.07) is 38.9. The highest BCUT2D eigenvalue weighted by atomic mass is 14.5. The summed E-state index contributed by atoms with van der Waals surface area (Å²) < 4.78 is 0. The first-order chi connectivity index (χ1) is 16.2. The van der Waals surface area contributed by atoms with Gasteiger partial charge in [-0.2, -0.15) is 0 Å². The van der Waals surface area contributed by atoms with Crippen LogP contribution < -0.4 is 0 Å². The zero-order valence-electron chi connectivity index (χ0n) is 19.9. The van der Waals surface area contributed by atoms with Crippen LogP contribution >= 0.6 is 0 Å². The lowest BCUT2D eigenvalue weighted by molar-refractivity contribution is 0.271. The standard InChI is InChI=1S/C33H34/c1-25-13-19-30(20-14-25)33(29-11-7-4-8-12-29,31-21-15-26(2)16-22-31)32-23-17-28(18-24-32)27-9-5-3-6-10-27/h3,5-6,9-10,13-24,29H,4,7-8,11-12H2,1-2H3. The van der Waals surface area contributed by atoms with Crippen LogP contribution in [0.2, 0.25) is 0 Å². The maximum absolute atomic E-state index is 2.40. The second kappa shape index (κ2) is 9.40. The molecular weight excluding hydrogens is 396 g/mol. The van der Waals surface area contributed by atoms with Crippen LogP contribution in [0.25, 0.3) is 11.1 Å². The van der Waals surface area contributed by atoms with E-state index in [1.54, 1.807) is 0 Å². The van der Waals surface area contributed by atoms with Gasteiger partial charge in [-0.3, -0.25) is 0 Å². The van der Waals surface area contributed by atoms with E-state index in [9.17, 15) is 0 Å². The summed E-state index contributed by atoms with van der Waals surface area (Å²) >= 11 is 0. The average molecular weight is 431 g/mol. The van der Waals surface area contributed by atoms with Gasteiger partial charge in [0.2, 0.25) is 0 Å². The van der Waals surface area contributed by atoms with Crippen LogP contribution in [-0.4, -0.2) is 0 Å². The maximum atomic E-state index is 2.40. The molecule has 1 aliphatic carbocycles. The van der Waals surface area contributed by atoms with Crippen LogP contribution in [-0.2, 0) is 5.41 Å². The summed E-state index contributed by atoms with van der Waals surface area (Å²) in [7, 11) is 0. The molecule has 4 aromatic rings. The molecule has 0 unspecified atom stereocenters. The Morgan fingerprint density at radius 1 is 0.485 bits per heavy atom. The van der Waals surface area contributed by atoms with E-state index < -0.39 is 0 Å². The van der Waals surface area contributed by atoms with Gasteiger partial charge >= 0.3 is 0 Å². The van der Waals surface area contributed by atoms with Crippen LogP contribution in [0.1, 0.15) is 59.9 Å². The van der Waals surface area contributed by atoms with Gasteiger partial charge in [-0.1, -0.05) is 134 Å². The Balaban J connectivity index is 1.73. The van der Waals surface area contributed by atoms with Crippen molar-refractivity contribution < 1.29 is 0 Å². The molecule has 4 aromatic carbocycles. The van der Waals surface area contributed by atoms with E-state index in [0.29, 0.717) is 5.92 Å². The molecule has 0 saturated heterocycles. The smallest absolute Gasteiger partial charge is 0.0479 e. The Morgan fingerprint density at radius 2 is 0.909 bits per heavy atom. The van der Waals surface area contributed by atoms with Crippen molar-refractivity contribution in [2.75, 3.05) is 0 Å². The minimum Gasteiger partial charge on any atom is -0.0622 e. The van der Waals surface area contributed by atoms with Gasteiger partial charge in [0.05, 0.1) is 0 Å². The van der Waals surface area contributed by atoms with Gasteiger partial charge in [0.15, 0.2) is 0 Å². The third kappa shape index (κ3) is 4.15. The summed E-state index contributed by atoms with van der Waals surface area (Å²) in [5.74, 6) is 0.597. The van der Waals surface area contributed by atoms with Crippen LogP contribution in [0.3, 0.4) is 0 Å². The van der Waals surface area contributed by atoms with E-state index >= 15 is 0 Å². The Hall–Kier alpha value is -3.12. The second-order valence-electron chi connectivity index (χ2n) is 9.82. The molecular formula is C33H34. The van der Waals surface area contributed by atoms with E-state index in [0.717, 1.165) is 0 Å². The lowest BCUT2D eigenvalue weighted by atomic mass is 9.58. The van der Waals surface area contributed by atoms with Crippen LogP contribution in [0, 0.1) is 19.8 Å². The lowest BCUT2D eigenvalue weighted by Crippen LogP contribution is -2.39. The molecule has 0 bridgehead atoms. The molecule has 166 valence electrons. The normalized spacial score (nSPS) is 14.8. The van der Waals surface area contributed by atoms with Gasteiger partial charge in [0, 0.05) is 5.41 Å². The molecule has 0 heteroatoms. The predicted molar refractivity (Wildman–Crippen MR) is 141 cm³/mol. The van der Waals surface area contributed by atoms with Gasteiger partial charge in [-0.15, -0.1) is 0 Å². The molecule has 0 atom stereocenters. The molecule has 0 spiro atoms. The van der Waals surface area contributed by atoms with Crippen molar-refractivity contribution in [2.45, 2.75) is 51.4 Å². The fraction of sp³-hybridized carbons (Fsp3) is 0.273. The lowest BCUT2D eigenvalue weighted by Gasteiger charge is -2.45. The van der Waals surface area contributed by atoms with E-state index in [1.807, 2.05) is 0 Å². The summed E-state index contributed by atoms with van der Waals surface area (Å²) in [6.45, 7) is 4.37. The first kappa shape index (κ1) is 21.7. The summed E-state index contributed by atoms with van der Waals surface area (Å²) in [5, 5.41) is 0. The van der Waals surface area contributed by atoms with Crippen molar-refractivity contribution in [1.29, 1.82) is 0 Å². The molecule has 0 nitrogen and oxygen atoms in total.